The maximum atomic E-state index is 12.0. The fraction of sp³-hybridized carbons (Fsp3) is 0.500. The molecule has 16 heavy (non-hydrogen) atoms. The number of hydrogen-bond donors (Lipinski definition) is 1. The van der Waals surface area contributed by atoms with Crippen LogP contribution in [0.3, 0.4) is 0 Å². The van der Waals surface area contributed by atoms with Crippen LogP contribution in [0.1, 0.15) is 19.8 Å². The minimum absolute atomic E-state index is 0.0372. The molecule has 3 nitrogen and oxygen atoms in total. The van der Waals surface area contributed by atoms with Gasteiger partial charge in [0.2, 0.25) is 0 Å². The number of benzene rings is 1. The molecule has 0 aliphatic carbocycles. The normalized spacial score (nSPS) is 13.6. The van der Waals surface area contributed by atoms with Gasteiger partial charge in [-0.3, -0.25) is 0 Å². The van der Waals surface area contributed by atoms with Gasteiger partial charge in [-0.2, -0.15) is 0 Å². The molecule has 0 amide bonds. The minimum atomic E-state index is -3.16. The van der Waals surface area contributed by atoms with E-state index in [-0.39, 0.29) is 11.8 Å². The lowest BCUT2D eigenvalue weighted by Gasteiger charge is -2.15. The highest BCUT2D eigenvalue weighted by atomic mass is 32.2. The van der Waals surface area contributed by atoms with E-state index in [2.05, 4.69) is 12.2 Å². The van der Waals surface area contributed by atoms with Crippen LogP contribution in [0.25, 0.3) is 0 Å². The Morgan fingerprint density at radius 2 is 1.88 bits per heavy atom. The van der Waals surface area contributed by atoms with Crippen molar-refractivity contribution >= 4 is 9.84 Å². The lowest BCUT2D eigenvalue weighted by molar-refractivity contribution is 0.536. The molecule has 0 radical (unpaired) electrons. The van der Waals surface area contributed by atoms with Gasteiger partial charge in [0.1, 0.15) is 0 Å². The summed E-state index contributed by atoms with van der Waals surface area (Å²) >= 11 is 0. The van der Waals surface area contributed by atoms with Crippen LogP contribution >= 0.6 is 0 Å². The highest BCUT2D eigenvalue weighted by Gasteiger charge is 2.19. The SMILES string of the molecule is CCCC(CS(=O)(=O)c1ccccc1)NC. The van der Waals surface area contributed by atoms with Crippen LogP contribution in [0, 0.1) is 0 Å². The molecule has 4 heteroatoms. The highest BCUT2D eigenvalue weighted by Crippen LogP contribution is 2.12. The zero-order valence-corrected chi connectivity index (χ0v) is 10.6. The fourth-order valence-electron chi connectivity index (χ4n) is 1.65. The Labute approximate surface area is 97.8 Å². The van der Waals surface area contributed by atoms with Gasteiger partial charge in [-0.1, -0.05) is 31.5 Å². The molecule has 0 heterocycles. The smallest absolute Gasteiger partial charge is 0.179 e. The third-order valence-electron chi connectivity index (χ3n) is 2.57. The molecule has 0 bridgehead atoms. The maximum absolute atomic E-state index is 12.0. The topological polar surface area (TPSA) is 46.2 Å². The second-order valence-electron chi connectivity index (χ2n) is 3.87. The van der Waals surface area contributed by atoms with Crippen molar-refractivity contribution in [1.29, 1.82) is 0 Å². The van der Waals surface area contributed by atoms with Gasteiger partial charge in [0.15, 0.2) is 9.84 Å². The van der Waals surface area contributed by atoms with Crippen LogP contribution in [0.4, 0.5) is 0 Å². The third-order valence-corrected chi connectivity index (χ3v) is 4.40. The fourth-order valence-corrected chi connectivity index (χ4v) is 3.28. The van der Waals surface area contributed by atoms with Crippen molar-refractivity contribution in [3.05, 3.63) is 30.3 Å². The predicted molar refractivity (Wildman–Crippen MR) is 66.3 cm³/mol. The van der Waals surface area contributed by atoms with E-state index < -0.39 is 9.84 Å². The molecule has 1 rings (SSSR count). The zero-order valence-electron chi connectivity index (χ0n) is 9.81. The lowest BCUT2D eigenvalue weighted by atomic mass is 10.2. The molecule has 90 valence electrons. The monoisotopic (exact) mass is 241 g/mol. The molecule has 0 saturated carbocycles. The van der Waals surface area contributed by atoms with Gasteiger partial charge >= 0.3 is 0 Å². The van der Waals surface area contributed by atoms with Crippen molar-refractivity contribution in [1.82, 2.24) is 5.32 Å². The van der Waals surface area contributed by atoms with Crippen molar-refractivity contribution in [2.45, 2.75) is 30.7 Å². The maximum Gasteiger partial charge on any atom is 0.179 e. The van der Waals surface area contributed by atoms with Crippen LogP contribution in [-0.4, -0.2) is 27.3 Å². The molecule has 1 atom stereocenters. The summed E-state index contributed by atoms with van der Waals surface area (Å²) in [5.41, 5.74) is 0. The largest absolute Gasteiger partial charge is 0.316 e. The van der Waals surface area contributed by atoms with Gasteiger partial charge in [0.05, 0.1) is 10.6 Å². The first-order valence-electron chi connectivity index (χ1n) is 5.55. The standard InChI is InChI=1S/C12H19NO2S/c1-3-7-11(13-2)10-16(14,15)12-8-5-4-6-9-12/h4-6,8-9,11,13H,3,7,10H2,1-2H3. The summed E-state index contributed by atoms with van der Waals surface area (Å²) in [6, 6.07) is 8.65. The van der Waals surface area contributed by atoms with Crippen LogP contribution in [0.5, 0.6) is 0 Å². The quantitative estimate of drug-likeness (QED) is 0.826. The first kappa shape index (κ1) is 13.2. The summed E-state index contributed by atoms with van der Waals surface area (Å²) < 4.78 is 24.1. The number of nitrogens with one attached hydrogen (secondary N) is 1. The number of rotatable bonds is 6. The van der Waals surface area contributed by atoms with Crippen molar-refractivity contribution in [2.75, 3.05) is 12.8 Å². The molecule has 0 saturated heterocycles. The number of sulfone groups is 1. The molecular formula is C12H19NO2S. The third kappa shape index (κ3) is 3.61. The molecule has 0 aliphatic rings. The summed E-state index contributed by atoms with van der Waals surface area (Å²) in [6.07, 6.45) is 1.86. The van der Waals surface area contributed by atoms with Crippen molar-refractivity contribution in [2.24, 2.45) is 0 Å². The lowest BCUT2D eigenvalue weighted by Crippen LogP contribution is -2.32. The Morgan fingerprint density at radius 3 is 2.38 bits per heavy atom. The Morgan fingerprint density at radius 1 is 1.25 bits per heavy atom. The zero-order chi connectivity index (χ0) is 12.0. The Balaban J connectivity index is 2.79. The first-order chi connectivity index (χ1) is 7.60. The predicted octanol–water partition coefficient (Wildman–Crippen LogP) is 1.85. The molecule has 0 aliphatic heterocycles. The Hall–Kier alpha value is -0.870. The highest BCUT2D eigenvalue weighted by molar-refractivity contribution is 7.91. The molecule has 1 N–H and O–H groups in total. The van der Waals surface area contributed by atoms with Gasteiger partial charge in [-0.05, 0) is 25.6 Å². The average Bonchev–Trinajstić information content (AvgIpc) is 2.29. The van der Waals surface area contributed by atoms with Crippen molar-refractivity contribution in [3.63, 3.8) is 0 Å². The van der Waals surface area contributed by atoms with E-state index >= 15 is 0 Å². The molecule has 1 aromatic carbocycles. The molecule has 1 aromatic rings. The summed E-state index contributed by atoms with van der Waals surface area (Å²) in [4.78, 5) is 0.409. The van der Waals surface area contributed by atoms with Gasteiger partial charge < -0.3 is 5.32 Å². The summed E-state index contributed by atoms with van der Waals surface area (Å²) in [5, 5.41) is 3.05. The van der Waals surface area contributed by atoms with Crippen LogP contribution in [0.15, 0.2) is 35.2 Å². The summed E-state index contributed by atoms with van der Waals surface area (Å²) in [5.74, 6) is 0.168. The van der Waals surface area contributed by atoms with Gasteiger partial charge in [0, 0.05) is 6.04 Å². The van der Waals surface area contributed by atoms with Crippen molar-refractivity contribution in [3.8, 4) is 0 Å². The molecule has 0 aromatic heterocycles. The van der Waals surface area contributed by atoms with E-state index in [4.69, 9.17) is 0 Å². The number of hydrogen-bond acceptors (Lipinski definition) is 3. The van der Waals surface area contributed by atoms with Gasteiger partial charge in [-0.25, -0.2) is 8.42 Å². The molecule has 1 unspecified atom stereocenters. The van der Waals surface area contributed by atoms with E-state index in [0.717, 1.165) is 12.8 Å². The van der Waals surface area contributed by atoms with E-state index in [1.807, 2.05) is 6.07 Å². The van der Waals surface area contributed by atoms with Gasteiger partial charge in [0.25, 0.3) is 0 Å². The van der Waals surface area contributed by atoms with Crippen molar-refractivity contribution < 1.29 is 8.42 Å². The van der Waals surface area contributed by atoms with Crippen LogP contribution in [-0.2, 0) is 9.84 Å². The molecule has 0 fully saturated rings. The second kappa shape index (κ2) is 6.01. The minimum Gasteiger partial charge on any atom is -0.316 e. The Kier molecular flexibility index (Phi) is 4.96. The van der Waals surface area contributed by atoms with E-state index in [9.17, 15) is 8.42 Å². The van der Waals surface area contributed by atoms with E-state index in [1.54, 1.807) is 31.3 Å². The summed E-state index contributed by atoms with van der Waals surface area (Å²) in [6.45, 7) is 2.06. The van der Waals surface area contributed by atoms with E-state index in [1.165, 1.54) is 0 Å². The first-order valence-corrected chi connectivity index (χ1v) is 7.20. The summed E-state index contributed by atoms with van der Waals surface area (Å²) in [7, 11) is -1.35. The average molecular weight is 241 g/mol. The molecule has 0 spiro atoms. The van der Waals surface area contributed by atoms with E-state index in [0.29, 0.717) is 4.90 Å². The Bertz CT molecular complexity index is 400. The molecular weight excluding hydrogens is 222 g/mol. The van der Waals surface area contributed by atoms with Crippen LogP contribution in [0.2, 0.25) is 0 Å². The van der Waals surface area contributed by atoms with Crippen LogP contribution < -0.4 is 5.32 Å². The van der Waals surface area contributed by atoms with Gasteiger partial charge in [-0.15, -0.1) is 0 Å². The second-order valence-corrected chi connectivity index (χ2v) is 5.90.